The second kappa shape index (κ2) is 7.62. The molecule has 0 radical (unpaired) electrons. The maximum atomic E-state index is 7.97. The molecule has 0 bridgehead atoms. The van der Waals surface area contributed by atoms with E-state index in [1.165, 1.54) is 11.1 Å². The molecule has 0 unspecified atom stereocenters. The highest BCUT2D eigenvalue weighted by atomic mass is 35.5. The zero-order valence-electron chi connectivity index (χ0n) is 13.0. The summed E-state index contributed by atoms with van der Waals surface area (Å²) >= 11 is 5.85. The summed E-state index contributed by atoms with van der Waals surface area (Å²) in [6.07, 6.45) is 3.66. The van der Waals surface area contributed by atoms with Gasteiger partial charge < -0.3 is 5.32 Å². The standard InChI is InChI=1S/C21H17ClN2/c22-19-11-13-20(14-12-19)24-21(23)15-8-16-6-9-18(10-7-16)17-4-2-1-3-5-17/h1-15H,(H2,23,24)/b15-8+. The first kappa shape index (κ1) is 16.0. The zero-order valence-corrected chi connectivity index (χ0v) is 13.8. The van der Waals surface area contributed by atoms with E-state index < -0.39 is 0 Å². The lowest BCUT2D eigenvalue weighted by molar-refractivity contribution is 1.48. The summed E-state index contributed by atoms with van der Waals surface area (Å²) in [6, 6.07) is 25.8. The van der Waals surface area contributed by atoms with Crippen molar-refractivity contribution in [3.63, 3.8) is 0 Å². The van der Waals surface area contributed by atoms with Crippen molar-refractivity contribution < 1.29 is 0 Å². The molecular formula is C21H17ClN2. The molecule has 2 N–H and O–H groups in total. The molecule has 0 saturated heterocycles. The number of amidine groups is 1. The van der Waals surface area contributed by atoms with Gasteiger partial charge in [-0.1, -0.05) is 72.3 Å². The van der Waals surface area contributed by atoms with Crippen LogP contribution in [0.1, 0.15) is 5.56 Å². The molecule has 0 saturated carbocycles. The van der Waals surface area contributed by atoms with Gasteiger partial charge in [-0.15, -0.1) is 0 Å². The molecular weight excluding hydrogens is 316 g/mol. The molecule has 3 rings (SSSR count). The molecule has 3 heteroatoms. The first-order valence-electron chi connectivity index (χ1n) is 7.65. The van der Waals surface area contributed by atoms with Gasteiger partial charge in [0.2, 0.25) is 0 Å². The summed E-state index contributed by atoms with van der Waals surface area (Å²) in [4.78, 5) is 0. The van der Waals surface area contributed by atoms with Gasteiger partial charge in [0.15, 0.2) is 0 Å². The van der Waals surface area contributed by atoms with Crippen LogP contribution in [-0.4, -0.2) is 5.84 Å². The number of anilines is 1. The Balaban J connectivity index is 1.64. The second-order valence-corrected chi connectivity index (χ2v) is 5.80. The van der Waals surface area contributed by atoms with Crippen LogP contribution in [0, 0.1) is 5.41 Å². The Morgan fingerprint density at radius 1 is 0.792 bits per heavy atom. The van der Waals surface area contributed by atoms with Crippen molar-refractivity contribution in [1.29, 1.82) is 5.41 Å². The van der Waals surface area contributed by atoms with Crippen LogP contribution in [0.3, 0.4) is 0 Å². The van der Waals surface area contributed by atoms with Gasteiger partial charge in [0.25, 0.3) is 0 Å². The van der Waals surface area contributed by atoms with Crippen molar-refractivity contribution >= 4 is 29.2 Å². The summed E-state index contributed by atoms with van der Waals surface area (Å²) in [7, 11) is 0. The van der Waals surface area contributed by atoms with E-state index in [0.717, 1.165) is 11.3 Å². The van der Waals surface area contributed by atoms with Crippen LogP contribution in [0.15, 0.2) is 84.9 Å². The molecule has 0 aliphatic rings. The van der Waals surface area contributed by atoms with Crippen LogP contribution in [0.25, 0.3) is 17.2 Å². The maximum Gasteiger partial charge on any atom is 0.122 e. The maximum absolute atomic E-state index is 7.97. The van der Waals surface area contributed by atoms with Gasteiger partial charge in [0.05, 0.1) is 0 Å². The van der Waals surface area contributed by atoms with Crippen LogP contribution >= 0.6 is 11.6 Å². The van der Waals surface area contributed by atoms with E-state index in [1.54, 1.807) is 18.2 Å². The monoisotopic (exact) mass is 332 g/mol. The fourth-order valence-electron chi connectivity index (χ4n) is 2.33. The third-order valence-electron chi connectivity index (χ3n) is 3.58. The number of hydrogen-bond donors (Lipinski definition) is 2. The number of hydrogen-bond acceptors (Lipinski definition) is 1. The topological polar surface area (TPSA) is 35.9 Å². The molecule has 2 nitrogen and oxygen atoms in total. The number of benzene rings is 3. The van der Waals surface area contributed by atoms with Crippen LogP contribution in [-0.2, 0) is 0 Å². The van der Waals surface area contributed by atoms with Crippen molar-refractivity contribution in [2.75, 3.05) is 5.32 Å². The molecule has 0 atom stereocenters. The molecule has 0 spiro atoms. The van der Waals surface area contributed by atoms with Gasteiger partial charge in [-0.25, -0.2) is 0 Å². The van der Waals surface area contributed by atoms with Crippen LogP contribution in [0.5, 0.6) is 0 Å². The molecule has 0 amide bonds. The van der Waals surface area contributed by atoms with Gasteiger partial charge >= 0.3 is 0 Å². The van der Waals surface area contributed by atoms with E-state index in [0.29, 0.717) is 10.9 Å². The molecule has 118 valence electrons. The second-order valence-electron chi connectivity index (χ2n) is 5.37. The zero-order chi connectivity index (χ0) is 16.8. The first-order chi connectivity index (χ1) is 11.7. The van der Waals surface area contributed by atoms with Crippen LogP contribution in [0.4, 0.5) is 5.69 Å². The molecule has 0 aliphatic heterocycles. The van der Waals surface area contributed by atoms with E-state index in [-0.39, 0.29) is 0 Å². The summed E-state index contributed by atoms with van der Waals surface area (Å²) < 4.78 is 0. The van der Waals surface area contributed by atoms with Crippen molar-refractivity contribution in [1.82, 2.24) is 0 Å². The first-order valence-corrected chi connectivity index (χ1v) is 8.03. The van der Waals surface area contributed by atoms with Crippen molar-refractivity contribution in [3.05, 3.63) is 95.5 Å². The van der Waals surface area contributed by atoms with Gasteiger partial charge in [0, 0.05) is 10.7 Å². The predicted molar refractivity (Wildman–Crippen MR) is 104 cm³/mol. The smallest absolute Gasteiger partial charge is 0.122 e. The SMILES string of the molecule is N=C(/C=C/c1ccc(-c2ccccc2)cc1)Nc1ccc(Cl)cc1. The minimum absolute atomic E-state index is 0.324. The highest BCUT2D eigenvalue weighted by Crippen LogP contribution is 2.19. The predicted octanol–water partition coefficient (Wildman–Crippen LogP) is 6.11. The minimum atomic E-state index is 0.324. The molecule has 3 aromatic carbocycles. The van der Waals surface area contributed by atoms with E-state index in [4.69, 9.17) is 17.0 Å². The fourth-order valence-corrected chi connectivity index (χ4v) is 2.45. The summed E-state index contributed by atoms with van der Waals surface area (Å²) in [6.45, 7) is 0. The lowest BCUT2D eigenvalue weighted by Gasteiger charge is -2.04. The average Bonchev–Trinajstić information content (AvgIpc) is 2.63. The Bertz CT molecular complexity index is 835. The van der Waals surface area contributed by atoms with E-state index in [9.17, 15) is 0 Å². The average molecular weight is 333 g/mol. The van der Waals surface area contributed by atoms with E-state index >= 15 is 0 Å². The Kier molecular flexibility index (Phi) is 5.09. The highest BCUT2D eigenvalue weighted by molar-refractivity contribution is 6.30. The quantitative estimate of drug-likeness (QED) is 0.439. The van der Waals surface area contributed by atoms with E-state index in [1.807, 2.05) is 36.4 Å². The normalized spacial score (nSPS) is 10.7. The Hall–Kier alpha value is -2.84. The largest absolute Gasteiger partial charge is 0.341 e. The lowest BCUT2D eigenvalue weighted by Crippen LogP contribution is -2.06. The summed E-state index contributed by atoms with van der Waals surface area (Å²) in [5.41, 5.74) is 4.28. The highest BCUT2D eigenvalue weighted by Gasteiger charge is 1.97. The van der Waals surface area contributed by atoms with Gasteiger partial charge in [0.1, 0.15) is 5.84 Å². The third kappa shape index (κ3) is 4.34. The molecule has 24 heavy (non-hydrogen) atoms. The molecule has 0 aliphatic carbocycles. The van der Waals surface area contributed by atoms with Crippen LogP contribution in [0.2, 0.25) is 5.02 Å². The van der Waals surface area contributed by atoms with Crippen molar-refractivity contribution in [2.45, 2.75) is 0 Å². The van der Waals surface area contributed by atoms with Gasteiger partial charge in [-0.3, -0.25) is 5.41 Å². The third-order valence-corrected chi connectivity index (χ3v) is 3.84. The Labute approximate surface area is 146 Å². The number of rotatable bonds is 4. The molecule has 0 aromatic heterocycles. The van der Waals surface area contributed by atoms with Gasteiger partial charge in [-0.05, 0) is 47.0 Å². The van der Waals surface area contributed by atoms with Crippen LogP contribution < -0.4 is 5.32 Å². The van der Waals surface area contributed by atoms with Crippen molar-refractivity contribution in [3.8, 4) is 11.1 Å². The fraction of sp³-hybridized carbons (Fsp3) is 0. The minimum Gasteiger partial charge on any atom is -0.341 e. The lowest BCUT2D eigenvalue weighted by atomic mass is 10.0. The van der Waals surface area contributed by atoms with E-state index in [2.05, 4.69) is 41.7 Å². The summed E-state index contributed by atoms with van der Waals surface area (Å²) in [5.74, 6) is 0.324. The van der Waals surface area contributed by atoms with Crippen molar-refractivity contribution in [2.24, 2.45) is 0 Å². The molecule has 0 fully saturated rings. The summed E-state index contributed by atoms with van der Waals surface area (Å²) in [5, 5.41) is 11.7. The number of nitrogens with one attached hydrogen (secondary N) is 2. The molecule has 0 heterocycles. The Morgan fingerprint density at radius 3 is 2.08 bits per heavy atom. The number of halogens is 1. The molecule has 3 aromatic rings. The Morgan fingerprint density at radius 2 is 1.42 bits per heavy atom. The van der Waals surface area contributed by atoms with Gasteiger partial charge in [-0.2, -0.15) is 0 Å².